The van der Waals surface area contributed by atoms with Crippen LogP contribution in [0.1, 0.15) is 32.6 Å². The SMILES string of the molecule is CCC(CN)(COC)N1CC2CCCC2C1. The summed E-state index contributed by atoms with van der Waals surface area (Å²) in [7, 11) is 1.79. The number of nitrogens with two attached hydrogens (primary N) is 1. The molecular formula is C13H26N2O. The second-order valence-corrected chi connectivity index (χ2v) is 5.57. The van der Waals surface area contributed by atoms with Gasteiger partial charge in [-0.1, -0.05) is 13.3 Å². The molecule has 3 unspecified atom stereocenters. The molecule has 0 bridgehead atoms. The van der Waals surface area contributed by atoms with Crippen LogP contribution in [0.2, 0.25) is 0 Å². The molecule has 1 saturated heterocycles. The zero-order valence-corrected chi connectivity index (χ0v) is 10.7. The van der Waals surface area contributed by atoms with Gasteiger partial charge in [-0.05, 0) is 31.1 Å². The van der Waals surface area contributed by atoms with E-state index in [-0.39, 0.29) is 5.54 Å². The Hall–Kier alpha value is -0.120. The van der Waals surface area contributed by atoms with Gasteiger partial charge in [-0.15, -0.1) is 0 Å². The number of ether oxygens (including phenoxy) is 1. The first kappa shape index (κ1) is 12.3. The molecule has 16 heavy (non-hydrogen) atoms. The van der Waals surface area contributed by atoms with Gasteiger partial charge >= 0.3 is 0 Å². The molecule has 0 radical (unpaired) electrons. The number of likely N-dealkylation sites (tertiary alicyclic amines) is 1. The highest BCUT2D eigenvalue weighted by atomic mass is 16.5. The molecule has 3 atom stereocenters. The van der Waals surface area contributed by atoms with Crippen LogP contribution >= 0.6 is 0 Å². The van der Waals surface area contributed by atoms with Crippen molar-refractivity contribution in [1.29, 1.82) is 0 Å². The zero-order chi connectivity index (χ0) is 11.6. The third-order valence-electron chi connectivity index (χ3n) is 4.85. The van der Waals surface area contributed by atoms with Crippen LogP contribution in [0.15, 0.2) is 0 Å². The highest BCUT2D eigenvalue weighted by molar-refractivity contribution is 4.99. The summed E-state index contributed by atoms with van der Waals surface area (Å²) in [6.07, 6.45) is 5.39. The molecule has 2 fully saturated rings. The molecule has 0 aromatic rings. The van der Waals surface area contributed by atoms with Gasteiger partial charge in [0.15, 0.2) is 0 Å². The fourth-order valence-corrected chi connectivity index (χ4v) is 3.64. The lowest BCUT2D eigenvalue weighted by Gasteiger charge is -2.40. The summed E-state index contributed by atoms with van der Waals surface area (Å²) < 4.78 is 5.40. The van der Waals surface area contributed by atoms with Gasteiger partial charge in [-0.25, -0.2) is 0 Å². The summed E-state index contributed by atoms with van der Waals surface area (Å²) in [5.41, 5.74) is 6.11. The summed E-state index contributed by atoms with van der Waals surface area (Å²) in [6.45, 7) is 6.23. The van der Waals surface area contributed by atoms with Crippen molar-refractivity contribution >= 4 is 0 Å². The number of fused-ring (bicyclic) bond motifs is 1. The van der Waals surface area contributed by atoms with Crippen molar-refractivity contribution in [3.63, 3.8) is 0 Å². The molecule has 2 rings (SSSR count). The van der Waals surface area contributed by atoms with Crippen molar-refractivity contribution in [1.82, 2.24) is 4.90 Å². The van der Waals surface area contributed by atoms with E-state index in [0.29, 0.717) is 0 Å². The molecule has 1 aliphatic heterocycles. The largest absolute Gasteiger partial charge is 0.383 e. The summed E-state index contributed by atoms with van der Waals surface area (Å²) in [6, 6.07) is 0. The fourth-order valence-electron chi connectivity index (χ4n) is 3.64. The number of hydrogen-bond donors (Lipinski definition) is 1. The lowest BCUT2D eigenvalue weighted by atomic mass is 9.95. The Morgan fingerprint density at radius 2 is 1.94 bits per heavy atom. The summed E-state index contributed by atoms with van der Waals surface area (Å²) in [4.78, 5) is 2.62. The van der Waals surface area contributed by atoms with Gasteiger partial charge in [0, 0.05) is 26.7 Å². The molecule has 2 N–H and O–H groups in total. The van der Waals surface area contributed by atoms with E-state index < -0.39 is 0 Å². The van der Waals surface area contributed by atoms with Crippen LogP contribution in [-0.2, 0) is 4.74 Å². The molecule has 0 aromatic heterocycles. The van der Waals surface area contributed by atoms with E-state index in [1.807, 2.05) is 0 Å². The Morgan fingerprint density at radius 3 is 2.38 bits per heavy atom. The molecule has 1 saturated carbocycles. The molecule has 94 valence electrons. The van der Waals surface area contributed by atoms with E-state index in [0.717, 1.165) is 31.4 Å². The molecule has 1 aliphatic carbocycles. The van der Waals surface area contributed by atoms with Crippen LogP contribution in [0, 0.1) is 11.8 Å². The highest BCUT2D eigenvalue weighted by Gasteiger charge is 2.44. The van der Waals surface area contributed by atoms with Crippen molar-refractivity contribution in [2.24, 2.45) is 17.6 Å². The van der Waals surface area contributed by atoms with E-state index in [4.69, 9.17) is 10.5 Å². The topological polar surface area (TPSA) is 38.5 Å². The Morgan fingerprint density at radius 1 is 1.31 bits per heavy atom. The second kappa shape index (κ2) is 5.03. The van der Waals surface area contributed by atoms with E-state index >= 15 is 0 Å². The van der Waals surface area contributed by atoms with Crippen molar-refractivity contribution in [3.05, 3.63) is 0 Å². The Labute approximate surface area is 99.3 Å². The standard InChI is InChI=1S/C13H26N2O/c1-3-13(9-14,10-16-2)15-7-11-5-4-6-12(11)8-15/h11-12H,3-10,14H2,1-2H3. The van der Waals surface area contributed by atoms with Gasteiger partial charge in [0.25, 0.3) is 0 Å². The summed E-state index contributed by atoms with van der Waals surface area (Å²) in [5, 5.41) is 0. The van der Waals surface area contributed by atoms with Crippen molar-refractivity contribution < 1.29 is 4.74 Å². The van der Waals surface area contributed by atoms with Crippen LogP contribution in [-0.4, -0.2) is 43.8 Å². The van der Waals surface area contributed by atoms with Gasteiger partial charge in [0.05, 0.1) is 12.1 Å². The molecule has 3 heteroatoms. The number of hydrogen-bond acceptors (Lipinski definition) is 3. The third-order valence-corrected chi connectivity index (χ3v) is 4.85. The van der Waals surface area contributed by atoms with Crippen LogP contribution in [0.5, 0.6) is 0 Å². The maximum absolute atomic E-state index is 6.01. The Kier molecular flexibility index (Phi) is 3.88. The molecule has 0 spiro atoms. The second-order valence-electron chi connectivity index (χ2n) is 5.57. The quantitative estimate of drug-likeness (QED) is 0.771. The smallest absolute Gasteiger partial charge is 0.0658 e. The maximum Gasteiger partial charge on any atom is 0.0658 e. The minimum Gasteiger partial charge on any atom is -0.383 e. The first-order valence-electron chi connectivity index (χ1n) is 6.70. The van der Waals surface area contributed by atoms with Gasteiger partial charge < -0.3 is 10.5 Å². The van der Waals surface area contributed by atoms with E-state index in [2.05, 4.69) is 11.8 Å². The van der Waals surface area contributed by atoms with Crippen molar-refractivity contribution in [3.8, 4) is 0 Å². The Balaban J connectivity index is 2.04. The van der Waals surface area contributed by atoms with Gasteiger partial charge in [-0.2, -0.15) is 0 Å². The first-order chi connectivity index (χ1) is 7.75. The average molecular weight is 226 g/mol. The molecular weight excluding hydrogens is 200 g/mol. The average Bonchev–Trinajstić information content (AvgIpc) is 2.86. The number of nitrogens with zero attached hydrogens (tertiary/aromatic N) is 1. The molecule has 2 aliphatic rings. The van der Waals surface area contributed by atoms with Gasteiger partial charge in [-0.3, -0.25) is 4.90 Å². The van der Waals surface area contributed by atoms with Gasteiger partial charge in [0.1, 0.15) is 0 Å². The maximum atomic E-state index is 6.01. The van der Waals surface area contributed by atoms with Crippen LogP contribution in [0.25, 0.3) is 0 Å². The van der Waals surface area contributed by atoms with E-state index in [1.165, 1.54) is 32.4 Å². The van der Waals surface area contributed by atoms with E-state index in [1.54, 1.807) is 7.11 Å². The predicted octanol–water partition coefficient (Wildman–Crippen LogP) is 1.47. The fraction of sp³-hybridized carbons (Fsp3) is 1.00. The lowest BCUT2D eigenvalue weighted by molar-refractivity contribution is 0.0217. The minimum atomic E-state index is 0.0963. The number of rotatable bonds is 5. The molecule has 1 heterocycles. The predicted molar refractivity (Wildman–Crippen MR) is 66.4 cm³/mol. The monoisotopic (exact) mass is 226 g/mol. The van der Waals surface area contributed by atoms with Crippen molar-refractivity contribution in [2.45, 2.75) is 38.1 Å². The zero-order valence-electron chi connectivity index (χ0n) is 10.7. The summed E-state index contributed by atoms with van der Waals surface area (Å²) in [5.74, 6) is 1.88. The molecule has 0 amide bonds. The van der Waals surface area contributed by atoms with Crippen LogP contribution < -0.4 is 5.73 Å². The van der Waals surface area contributed by atoms with Crippen molar-refractivity contribution in [2.75, 3.05) is 33.4 Å². The highest BCUT2D eigenvalue weighted by Crippen LogP contribution is 2.40. The molecule has 3 nitrogen and oxygen atoms in total. The van der Waals surface area contributed by atoms with Gasteiger partial charge in [0.2, 0.25) is 0 Å². The van der Waals surface area contributed by atoms with Crippen LogP contribution in [0.4, 0.5) is 0 Å². The van der Waals surface area contributed by atoms with E-state index in [9.17, 15) is 0 Å². The third kappa shape index (κ3) is 2.01. The molecule has 0 aromatic carbocycles. The Bertz CT molecular complexity index is 216. The number of methoxy groups -OCH3 is 1. The van der Waals surface area contributed by atoms with Crippen LogP contribution in [0.3, 0.4) is 0 Å². The normalized spacial score (nSPS) is 33.9. The summed E-state index contributed by atoms with van der Waals surface area (Å²) >= 11 is 0. The lowest BCUT2D eigenvalue weighted by Crippen LogP contribution is -2.56. The first-order valence-corrected chi connectivity index (χ1v) is 6.70. The minimum absolute atomic E-state index is 0.0963.